The first-order valence-corrected chi connectivity index (χ1v) is 11.9. The van der Waals surface area contributed by atoms with E-state index in [4.69, 9.17) is 22.1 Å². The fourth-order valence-electron chi connectivity index (χ4n) is 3.71. The summed E-state index contributed by atoms with van der Waals surface area (Å²) in [6.45, 7) is 5.20. The molecule has 33 heavy (non-hydrogen) atoms. The van der Waals surface area contributed by atoms with Crippen LogP contribution < -0.4 is 5.73 Å². The fourth-order valence-corrected chi connectivity index (χ4v) is 5.69. The van der Waals surface area contributed by atoms with E-state index in [9.17, 15) is 26.4 Å². The van der Waals surface area contributed by atoms with Gasteiger partial charge in [0.2, 0.25) is 10.0 Å². The van der Waals surface area contributed by atoms with Crippen LogP contribution in [0.3, 0.4) is 0 Å². The molecule has 1 unspecified atom stereocenters. The standard InChI is InChI=1S/C22H24ClF3N2O4S/c1-21(2,3)32-20(29)18-5-4-10-28(18)33(30,31)15-8-6-13(7-9-15)19-16(22(24,25)26)11-14(27)12-17(19)23/h6-9,11-12,18H,4-5,10,27H2,1-3H3. The number of nitrogen functional groups attached to an aromatic ring is 1. The molecule has 0 spiro atoms. The van der Waals surface area contributed by atoms with Crippen molar-refractivity contribution in [2.24, 2.45) is 0 Å². The number of hydrogen-bond acceptors (Lipinski definition) is 5. The van der Waals surface area contributed by atoms with Gasteiger partial charge in [-0.2, -0.15) is 17.5 Å². The van der Waals surface area contributed by atoms with Crippen molar-refractivity contribution in [1.82, 2.24) is 4.31 Å². The quantitative estimate of drug-likeness (QED) is 0.462. The van der Waals surface area contributed by atoms with E-state index < -0.39 is 39.4 Å². The van der Waals surface area contributed by atoms with Crippen molar-refractivity contribution in [3.8, 4) is 11.1 Å². The van der Waals surface area contributed by atoms with E-state index in [-0.39, 0.29) is 33.3 Å². The molecule has 6 nitrogen and oxygen atoms in total. The van der Waals surface area contributed by atoms with Crippen LogP contribution in [-0.2, 0) is 25.7 Å². The van der Waals surface area contributed by atoms with Crippen LogP contribution in [0.25, 0.3) is 11.1 Å². The lowest BCUT2D eigenvalue weighted by Crippen LogP contribution is -2.43. The SMILES string of the molecule is CC(C)(C)OC(=O)C1CCCN1S(=O)(=O)c1ccc(-c2c(Cl)cc(N)cc2C(F)(F)F)cc1. The van der Waals surface area contributed by atoms with Gasteiger partial charge in [-0.05, 0) is 63.4 Å². The van der Waals surface area contributed by atoms with E-state index in [0.717, 1.165) is 10.4 Å². The van der Waals surface area contributed by atoms with Crippen LogP contribution in [0, 0.1) is 0 Å². The van der Waals surface area contributed by atoms with Gasteiger partial charge < -0.3 is 10.5 Å². The number of anilines is 1. The van der Waals surface area contributed by atoms with Crippen molar-refractivity contribution in [2.45, 2.75) is 56.3 Å². The molecule has 1 saturated heterocycles. The molecule has 2 N–H and O–H groups in total. The molecule has 0 amide bonds. The Bertz CT molecular complexity index is 1160. The first kappa shape index (κ1) is 25.3. The molecule has 3 rings (SSSR count). The molecule has 0 saturated carbocycles. The maximum absolute atomic E-state index is 13.5. The summed E-state index contributed by atoms with van der Waals surface area (Å²) in [5.74, 6) is -0.635. The van der Waals surface area contributed by atoms with Crippen LogP contribution in [0.1, 0.15) is 39.2 Å². The van der Waals surface area contributed by atoms with Crippen LogP contribution >= 0.6 is 11.6 Å². The molecule has 180 valence electrons. The highest BCUT2D eigenvalue weighted by molar-refractivity contribution is 7.89. The van der Waals surface area contributed by atoms with Gasteiger partial charge in [0, 0.05) is 17.8 Å². The zero-order valence-corrected chi connectivity index (χ0v) is 19.8. The molecular formula is C22H24ClF3N2O4S. The summed E-state index contributed by atoms with van der Waals surface area (Å²) < 4.78 is 73.4. The number of alkyl halides is 3. The largest absolute Gasteiger partial charge is 0.459 e. The summed E-state index contributed by atoms with van der Waals surface area (Å²) in [6.07, 6.45) is -3.91. The molecule has 1 fully saturated rings. The van der Waals surface area contributed by atoms with Gasteiger partial charge in [-0.1, -0.05) is 23.7 Å². The number of rotatable bonds is 4. The van der Waals surface area contributed by atoms with E-state index in [1.54, 1.807) is 20.8 Å². The van der Waals surface area contributed by atoms with E-state index in [0.29, 0.717) is 12.8 Å². The van der Waals surface area contributed by atoms with Crippen molar-refractivity contribution < 1.29 is 31.1 Å². The number of nitrogens with two attached hydrogens (primary N) is 1. The second kappa shape index (κ2) is 8.81. The normalized spacial score (nSPS) is 17.8. The lowest BCUT2D eigenvalue weighted by Gasteiger charge is -2.27. The second-order valence-corrected chi connectivity index (χ2v) is 11.1. The number of hydrogen-bond donors (Lipinski definition) is 1. The van der Waals surface area contributed by atoms with Gasteiger partial charge in [-0.15, -0.1) is 0 Å². The van der Waals surface area contributed by atoms with E-state index >= 15 is 0 Å². The summed E-state index contributed by atoms with van der Waals surface area (Å²) >= 11 is 6.06. The van der Waals surface area contributed by atoms with Gasteiger partial charge in [0.25, 0.3) is 0 Å². The summed E-state index contributed by atoms with van der Waals surface area (Å²) in [5.41, 5.74) is 3.37. The lowest BCUT2D eigenvalue weighted by molar-refractivity contribution is -0.158. The highest BCUT2D eigenvalue weighted by Gasteiger charge is 2.41. The predicted molar refractivity (Wildman–Crippen MR) is 119 cm³/mol. The first-order valence-electron chi connectivity index (χ1n) is 10.1. The van der Waals surface area contributed by atoms with E-state index in [1.165, 1.54) is 30.3 Å². The molecule has 0 radical (unpaired) electrons. The minimum absolute atomic E-state index is 0.0800. The van der Waals surface area contributed by atoms with Crippen LogP contribution in [0.4, 0.5) is 18.9 Å². The van der Waals surface area contributed by atoms with Crippen molar-refractivity contribution >= 4 is 33.3 Å². The minimum Gasteiger partial charge on any atom is -0.459 e. The number of carbonyl (C=O) groups excluding carboxylic acids is 1. The number of nitrogens with zero attached hydrogens (tertiary/aromatic N) is 1. The Hall–Kier alpha value is -2.30. The average Bonchev–Trinajstić information content (AvgIpc) is 3.16. The zero-order chi connectivity index (χ0) is 24.8. The fraction of sp³-hybridized carbons (Fsp3) is 0.409. The average molecular weight is 505 g/mol. The van der Waals surface area contributed by atoms with Crippen molar-refractivity contribution in [3.63, 3.8) is 0 Å². The van der Waals surface area contributed by atoms with Crippen LogP contribution in [-0.4, -0.2) is 36.9 Å². The topological polar surface area (TPSA) is 89.7 Å². The molecule has 0 aliphatic carbocycles. The second-order valence-electron chi connectivity index (χ2n) is 8.75. The Balaban J connectivity index is 1.96. The molecule has 0 aromatic heterocycles. The van der Waals surface area contributed by atoms with Crippen LogP contribution in [0.15, 0.2) is 41.3 Å². The Morgan fingerprint density at radius 1 is 1.15 bits per heavy atom. The number of esters is 1. The van der Waals surface area contributed by atoms with Gasteiger partial charge in [0.1, 0.15) is 11.6 Å². The van der Waals surface area contributed by atoms with Crippen molar-refractivity contribution in [2.75, 3.05) is 12.3 Å². The Kier molecular flexibility index (Phi) is 6.76. The highest BCUT2D eigenvalue weighted by atomic mass is 35.5. The predicted octanol–water partition coefficient (Wildman–Crippen LogP) is 5.10. The van der Waals surface area contributed by atoms with Gasteiger partial charge in [0.15, 0.2) is 0 Å². The summed E-state index contributed by atoms with van der Waals surface area (Å²) in [7, 11) is -4.09. The molecule has 1 aliphatic rings. The molecule has 2 aromatic rings. The van der Waals surface area contributed by atoms with Gasteiger partial charge in [0.05, 0.1) is 15.5 Å². The molecular weight excluding hydrogens is 481 g/mol. The molecule has 1 aliphatic heterocycles. The monoisotopic (exact) mass is 504 g/mol. The molecule has 2 aromatic carbocycles. The maximum atomic E-state index is 13.5. The number of halogens is 4. The Morgan fingerprint density at radius 3 is 2.30 bits per heavy atom. The summed E-state index contributed by atoms with van der Waals surface area (Å²) in [4.78, 5) is 12.4. The number of ether oxygens (including phenoxy) is 1. The van der Waals surface area contributed by atoms with Crippen molar-refractivity contribution in [3.05, 3.63) is 47.0 Å². The number of sulfonamides is 1. The molecule has 1 atom stereocenters. The third-order valence-corrected chi connectivity index (χ3v) is 7.27. The third-order valence-electron chi connectivity index (χ3n) is 5.05. The van der Waals surface area contributed by atoms with Crippen molar-refractivity contribution in [1.29, 1.82) is 0 Å². The van der Waals surface area contributed by atoms with Crippen LogP contribution in [0.5, 0.6) is 0 Å². The lowest BCUT2D eigenvalue weighted by atomic mass is 9.98. The Labute approximate surface area is 195 Å². The third kappa shape index (κ3) is 5.44. The first-order chi connectivity index (χ1) is 15.1. The van der Waals surface area contributed by atoms with Gasteiger partial charge in [-0.3, -0.25) is 4.79 Å². The summed E-state index contributed by atoms with van der Waals surface area (Å²) in [5, 5.41) is -0.206. The highest BCUT2D eigenvalue weighted by Crippen LogP contribution is 2.42. The van der Waals surface area contributed by atoms with E-state index in [2.05, 4.69) is 0 Å². The maximum Gasteiger partial charge on any atom is 0.417 e. The molecule has 1 heterocycles. The van der Waals surface area contributed by atoms with Crippen LogP contribution in [0.2, 0.25) is 5.02 Å². The minimum atomic E-state index is -4.71. The number of benzene rings is 2. The Morgan fingerprint density at radius 2 is 1.76 bits per heavy atom. The van der Waals surface area contributed by atoms with Gasteiger partial charge in [-0.25, -0.2) is 8.42 Å². The van der Waals surface area contributed by atoms with E-state index in [1.807, 2.05) is 0 Å². The summed E-state index contributed by atoms with van der Waals surface area (Å²) in [6, 6.07) is 5.91. The van der Waals surface area contributed by atoms with Gasteiger partial charge >= 0.3 is 12.1 Å². The smallest absolute Gasteiger partial charge is 0.417 e. The molecule has 11 heteroatoms. The zero-order valence-electron chi connectivity index (χ0n) is 18.2. The molecule has 0 bridgehead atoms. The number of carbonyl (C=O) groups is 1.